The molecule has 51 heavy (non-hydrogen) atoms. The predicted octanol–water partition coefficient (Wildman–Crippen LogP) is 8.50. The Morgan fingerprint density at radius 3 is 1.65 bits per heavy atom. The minimum absolute atomic E-state index is 0.0296. The second kappa shape index (κ2) is 17.4. The summed E-state index contributed by atoms with van der Waals surface area (Å²) in [5.41, 5.74) is 11.6. The molecule has 0 aliphatic carbocycles. The second-order valence-electron chi connectivity index (χ2n) is 13.2. The molecule has 1 N–H and O–H groups in total. The van der Waals surface area contributed by atoms with Crippen LogP contribution in [0, 0.1) is 5.41 Å². The van der Waals surface area contributed by atoms with E-state index < -0.39 is 48.7 Å². The quantitative estimate of drug-likeness (QED) is 0.0279. The Morgan fingerprint density at radius 1 is 0.765 bits per heavy atom. The van der Waals surface area contributed by atoms with Gasteiger partial charge in [0.15, 0.2) is 0 Å². The zero-order chi connectivity index (χ0) is 36.5. The number of azide groups is 1. The van der Waals surface area contributed by atoms with E-state index in [0.29, 0.717) is 0 Å². The fourth-order valence-corrected chi connectivity index (χ4v) is 11.1. The smallest absolute Gasteiger partial charge is 0.265 e. The molecule has 1 aliphatic rings. The maximum absolute atomic E-state index is 9.74. The van der Waals surface area contributed by atoms with E-state index in [9.17, 15) is 5.53 Å². The molecule has 1 heterocycles. The molecule has 0 spiro atoms. The Balaban J connectivity index is 1.59. The zero-order valence-corrected chi connectivity index (χ0v) is 31.8. The fraction of sp³-hybridized carbons (Fsp3) is 0.342. The van der Waals surface area contributed by atoms with Crippen molar-refractivity contribution in [1.82, 2.24) is 0 Å². The van der Waals surface area contributed by atoms with E-state index in [1.165, 1.54) is 0 Å². The summed E-state index contributed by atoms with van der Waals surface area (Å²) < 4.78 is 30.7. The maximum atomic E-state index is 9.74. The Morgan fingerprint density at radius 2 is 1.22 bits per heavy atom. The highest BCUT2D eigenvalue weighted by atomic mass is 35.6. The first-order chi connectivity index (χ1) is 24.4. The van der Waals surface area contributed by atoms with E-state index in [-0.39, 0.29) is 24.9 Å². The number of ether oxygens (including phenoxy) is 4. The number of nitrogens with one attached hydrogen (secondary N) is 1. The van der Waals surface area contributed by atoms with Crippen LogP contribution >= 0.6 is 34.8 Å². The van der Waals surface area contributed by atoms with Crippen molar-refractivity contribution < 1.29 is 23.4 Å². The fourth-order valence-electron chi connectivity index (χ4n) is 6.38. The van der Waals surface area contributed by atoms with Gasteiger partial charge >= 0.3 is 0 Å². The van der Waals surface area contributed by atoms with Crippen molar-refractivity contribution in [2.75, 3.05) is 6.61 Å². The molecular weight excluding hydrogens is 727 g/mol. The molecule has 13 heteroatoms. The van der Waals surface area contributed by atoms with E-state index in [0.717, 1.165) is 21.5 Å². The molecule has 5 rings (SSSR count). The molecule has 5 atom stereocenters. The lowest BCUT2D eigenvalue weighted by atomic mass is 9.96. The van der Waals surface area contributed by atoms with E-state index in [1.807, 2.05) is 97.1 Å². The van der Waals surface area contributed by atoms with Crippen LogP contribution in [-0.2, 0) is 36.6 Å². The summed E-state index contributed by atoms with van der Waals surface area (Å²) in [6.07, 6.45) is -3.99. The SMILES string of the molecule is CC(C)(C)[Si](OC[C@H]1O[C@H](OC(=N)C(Cl)(Cl)Cl)[C@H](N=[N+]=[N-])[C@@H](OCc2ccccc2)[C@H]1OCc1ccccc1)(c1ccccc1)c1ccccc1. The van der Waals surface area contributed by atoms with Crippen molar-refractivity contribution >= 4 is 59.4 Å². The first kappa shape index (κ1) is 38.8. The highest BCUT2D eigenvalue weighted by molar-refractivity contribution is 6.99. The van der Waals surface area contributed by atoms with Crippen LogP contribution in [0.5, 0.6) is 0 Å². The van der Waals surface area contributed by atoms with Crippen molar-refractivity contribution in [3.05, 3.63) is 143 Å². The van der Waals surface area contributed by atoms with Gasteiger partial charge in [-0.05, 0) is 32.1 Å². The molecule has 0 aromatic heterocycles. The summed E-state index contributed by atoms with van der Waals surface area (Å²) >= 11 is 18.1. The third-order valence-corrected chi connectivity index (χ3v) is 14.3. The molecule has 0 unspecified atom stereocenters. The van der Waals surface area contributed by atoms with Gasteiger partial charge in [0, 0.05) is 4.91 Å². The second-order valence-corrected chi connectivity index (χ2v) is 19.8. The van der Waals surface area contributed by atoms with Crippen LogP contribution in [0.3, 0.4) is 0 Å². The van der Waals surface area contributed by atoms with Crippen LogP contribution in [0.4, 0.5) is 0 Å². The van der Waals surface area contributed by atoms with Crippen LogP contribution in [-0.4, -0.2) is 55.3 Å². The predicted molar refractivity (Wildman–Crippen MR) is 204 cm³/mol. The van der Waals surface area contributed by atoms with Crippen molar-refractivity contribution in [2.24, 2.45) is 5.11 Å². The molecule has 0 bridgehead atoms. The molecular formula is C38H41Cl3N4O5Si. The number of nitrogens with zero attached hydrogens (tertiary/aromatic N) is 3. The van der Waals surface area contributed by atoms with Gasteiger partial charge in [0.25, 0.3) is 12.1 Å². The van der Waals surface area contributed by atoms with Crippen LogP contribution in [0.1, 0.15) is 31.9 Å². The first-order valence-corrected chi connectivity index (χ1v) is 19.6. The minimum Gasteiger partial charge on any atom is -0.448 e. The third kappa shape index (κ3) is 9.53. The number of hydrogen-bond donors (Lipinski definition) is 1. The van der Waals surface area contributed by atoms with Crippen molar-refractivity contribution in [3.63, 3.8) is 0 Å². The lowest BCUT2D eigenvalue weighted by Gasteiger charge is -2.47. The molecule has 0 saturated carbocycles. The molecule has 0 amide bonds. The van der Waals surface area contributed by atoms with Crippen molar-refractivity contribution in [2.45, 2.75) is 73.5 Å². The number of rotatable bonds is 13. The molecule has 1 fully saturated rings. The summed E-state index contributed by atoms with van der Waals surface area (Å²) in [5, 5.41) is 14.3. The Labute approximate surface area is 315 Å². The summed E-state index contributed by atoms with van der Waals surface area (Å²) in [6.45, 7) is 6.94. The molecule has 1 saturated heterocycles. The Bertz CT molecular complexity index is 1700. The first-order valence-electron chi connectivity index (χ1n) is 16.5. The topological polar surface area (TPSA) is 119 Å². The van der Waals surface area contributed by atoms with Crippen LogP contribution in [0.2, 0.25) is 5.04 Å². The maximum Gasteiger partial charge on any atom is 0.265 e. The minimum atomic E-state index is -3.06. The van der Waals surface area contributed by atoms with Gasteiger partial charge in [0.2, 0.25) is 12.2 Å². The van der Waals surface area contributed by atoms with E-state index in [1.54, 1.807) is 0 Å². The lowest BCUT2D eigenvalue weighted by Crippen LogP contribution is -2.68. The van der Waals surface area contributed by atoms with Gasteiger partial charge in [-0.1, -0.05) is 182 Å². The average Bonchev–Trinajstić information content (AvgIpc) is 3.12. The van der Waals surface area contributed by atoms with E-state index in [4.69, 9.17) is 63.6 Å². The number of halogens is 3. The standard InChI is InChI=1S/C38H41Cl3N4O5Si/c1-37(2,3)51(29-20-12-6-13-21-29,30-22-14-7-15-23-30)48-26-31-33(46-24-27-16-8-4-9-17-27)34(47-25-28-18-10-5-11-19-28)32(44-45-43)35(49-31)50-36(42)38(39,40)41/h4-23,31-35,42H,24-26H2,1-3H3/t31-,32-,33+,34-,35-/m1/s1. The summed E-state index contributed by atoms with van der Waals surface area (Å²) in [4.78, 5) is 3.09. The van der Waals surface area contributed by atoms with Crippen LogP contribution in [0.15, 0.2) is 126 Å². The highest BCUT2D eigenvalue weighted by Crippen LogP contribution is 2.39. The van der Waals surface area contributed by atoms with Gasteiger partial charge in [-0.2, -0.15) is 0 Å². The summed E-state index contributed by atoms with van der Waals surface area (Å²) in [6, 6.07) is 38.6. The van der Waals surface area contributed by atoms with Crippen LogP contribution in [0.25, 0.3) is 10.4 Å². The van der Waals surface area contributed by atoms with E-state index in [2.05, 4.69) is 55.1 Å². The Kier molecular flexibility index (Phi) is 13.2. The molecule has 4 aromatic rings. The largest absolute Gasteiger partial charge is 0.448 e. The normalized spacial score (nSPS) is 21.0. The average molecular weight is 768 g/mol. The molecule has 0 radical (unpaired) electrons. The molecule has 1 aliphatic heterocycles. The Hall–Kier alpha value is -3.41. The zero-order valence-electron chi connectivity index (χ0n) is 28.6. The van der Waals surface area contributed by atoms with Crippen molar-refractivity contribution in [3.8, 4) is 0 Å². The summed E-state index contributed by atoms with van der Waals surface area (Å²) in [7, 11) is -3.06. The van der Waals surface area contributed by atoms with Gasteiger partial charge in [-0.25, -0.2) is 0 Å². The van der Waals surface area contributed by atoms with Gasteiger partial charge in [0.05, 0.1) is 19.8 Å². The van der Waals surface area contributed by atoms with E-state index >= 15 is 0 Å². The molecule has 4 aromatic carbocycles. The van der Waals surface area contributed by atoms with Gasteiger partial charge in [0.1, 0.15) is 24.4 Å². The van der Waals surface area contributed by atoms with Gasteiger partial charge < -0.3 is 23.4 Å². The van der Waals surface area contributed by atoms with Crippen LogP contribution < -0.4 is 10.4 Å². The van der Waals surface area contributed by atoms with Crippen molar-refractivity contribution in [1.29, 1.82) is 5.41 Å². The number of benzene rings is 4. The van der Waals surface area contributed by atoms with Gasteiger partial charge in [-0.3, -0.25) is 5.41 Å². The summed E-state index contributed by atoms with van der Waals surface area (Å²) in [5.74, 6) is -0.701. The van der Waals surface area contributed by atoms with Gasteiger partial charge in [-0.15, -0.1) is 0 Å². The highest BCUT2D eigenvalue weighted by Gasteiger charge is 2.54. The third-order valence-electron chi connectivity index (χ3n) is 8.74. The number of hydrogen-bond acceptors (Lipinski definition) is 7. The lowest BCUT2D eigenvalue weighted by molar-refractivity contribution is -0.265. The number of alkyl halides is 3. The molecule has 9 nitrogen and oxygen atoms in total. The monoisotopic (exact) mass is 766 g/mol. The molecule has 268 valence electrons.